The molecule has 0 radical (unpaired) electrons. The van der Waals surface area contributed by atoms with E-state index in [-0.39, 0.29) is 11.7 Å². The molecule has 0 aliphatic carbocycles. The molecule has 1 N–H and O–H groups in total. The summed E-state index contributed by atoms with van der Waals surface area (Å²) in [5.74, 6) is -6.54. The molecule has 61 heavy (non-hydrogen) atoms. The second-order valence-electron chi connectivity index (χ2n) is 14.6. The molecule has 2 rings (SSSR count). The molecule has 0 aromatic heterocycles. The summed E-state index contributed by atoms with van der Waals surface area (Å²) in [6.45, 7) is 8.93. The van der Waals surface area contributed by atoms with Crippen molar-refractivity contribution in [1.29, 1.82) is 0 Å². The average molecular weight is 894 g/mol. The van der Waals surface area contributed by atoms with Crippen molar-refractivity contribution < 1.29 is 89.9 Å². The van der Waals surface area contributed by atoms with Gasteiger partial charge in [-0.3, -0.25) is 42.5 Å². The number of amides is 1. The van der Waals surface area contributed by atoms with Crippen molar-refractivity contribution in [2.24, 2.45) is 0 Å². The first kappa shape index (κ1) is 53.1. The molecule has 348 valence electrons. The molecule has 0 aromatic carbocycles. The second-order valence-corrected chi connectivity index (χ2v) is 15.3. The van der Waals surface area contributed by atoms with Gasteiger partial charge in [0.1, 0.15) is 31.5 Å². The van der Waals surface area contributed by atoms with Gasteiger partial charge in [-0.05, 0) is 6.42 Å². The highest BCUT2D eigenvalue weighted by Gasteiger charge is 2.57. The highest BCUT2D eigenvalue weighted by molar-refractivity contribution is 7.95. The van der Waals surface area contributed by atoms with Crippen molar-refractivity contribution in [3.63, 3.8) is 0 Å². The summed E-state index contributed by atoms with van der Waals surface area (Å²) in [5, 5.41) is 2.83. The van der Waals surface area contributed by atoms with E-state index >= 15 is 0 Å². The SMILES string of the molecule is CCCCCCCCCCCCNC(=O)CSO[C@@H]1O[C@H](COC(C)=O)C(O[C@@H]2O[C@H](COC(C)=O)[C@H](OC(C)=O)[C@H](OC(C)=O)[C@H]2OC(C)=O)[C@H](OC(C)=O)[C@H]1OC(C)=O. The van der Waals surface area contributed by atoms with Crippen LogP contribution in [0, 0.1) is 0 Å². The first-order chi connectivity index (χ1) is 28.9. The smallest absolute Gasteiger partial charge is 0.303 e. The van der Waals surface area contributed by atoms with E-state index in [1.807, 2.05) is 0 Å². The summed E-state index contributed by atoms with van der Waals surface area (Å²) in [4.78, 5) is 98.8. The maximum Gasteiger partial charge on any atom is 0.303 e. The van der Waals surface area contributed by atoms with Gasteiger partial charge in [0.05, 0.1) is 5.75 Å². The van der Waals surface area contributed by atoms with Gasteiger partial charge in [-0.1, -0.05) is 64.7 Å². The Morgan fingerprint density at radius 3 is 1.34 bits per heavy atom. The third-order valence-corrected chi connectivity index (χ3v) is 9.80. The number of carbonyl (C=O) groups is 8. The van der Waals surface area contributed by atoms with Crippen molar-refractivity contribution in [2.75, 3.05) is 25.5 Å². The van der Waals surface area contributed by atoms with Gasteiger partial charge < -0.3 is 52.7 Å². The minimum atomic E-state index is -1.82. The maximum atomic E-state index is 12.7. The van der Waals surface area contributed by atoms with Crippen LogP contribution in [0.25, 0.3) is 0 Å². The molecule has 1 unspecified atom stereocenters. The number of esters is 7. The van der Waals surface area contributed by atoms with Gasteiger partial charge in [0, 0.05) is 67.1 Å². The highest BCUT2D eigenvalue weighted by atomic mass is 32.2. The third-order valence-electron chi connectivity index (χ3n) is 9.09. The minimum absolute atomic E-state index is 0.206. The summed E-state index contributed by atoms with van der Waals surface area (Å²) < 4.78 is 62.3. The van der Waals surface area contributed by atoms with Gasteiger partial charge in [0.15, 0.2) is 36.8 Å². The number of carbonyl (C=O) groups excluding carboxylic acids is 8. The molecule has 0 aromatic rings. The quantitative estimate of drug-likeness (QED) is 0.0566. The van der Waals surface area contributed by atoms with Crippen molar-refractivity contribution in [3.8, 4) is 0 Å². The van der Waals surface area contributed by atoms with Crippen LogP contribution in [-0.2, 0) is 89.9 Å². The van der Waals surface area contributed by atoms with Crippen LogP contribution in [0.15, 0.2) is 0 Å². The third kappa shape index (κ3) is 20.6. The molecule has 0 spiro atoms. The van der Waals surface area contributed by atoms with Crippen LogP contribution in [-0.4, -0.2) is 135 Å². The Morgan fingerprint density at radius 2 is 0.869 bits per heavy atom. The Balaban J connectivity index is 2.37. The predicted molar refractivity (Wildman–Crippen MR) is 212 cm³/mol. The predicted octanol–water partition coefficient (Wildman–Crippen LogP) is 3.31. The minimum Gasteiger partial charge on any atom is -0.463 e. The molecule has 2 aliphatic heterocycles. The number of hydrogen-bond donors (Lipinski definition) is 1. The molecule has 2 fully saturated rings. The number of rotatable bonds is 26. The lowest BCUT2D eigenvalue weighted by Crippen LogP contribution is -2.67. The van der Waals surface area contributed by atoms with Gasteiger partial charge in [0.25, 0.3) is 0 Å². The summed E-state index contributed by atoms with van der Waals surface area (Å²) in [6.07, 6.45) is -4.53. The van der Waals surface area contributed by atoms with E-state index < -0.39 is 116 Å². The Morgan fingerprint density at radius 1 is 0.475 bits per heavy atom. The van der Waals surface area contributed by atoms with Crippen molar-refractivity contribution in [2.45, 2.75) is 181 Å². The van der Waals surface area contributed by atoms with E-state index in [0.717, 1.165) is 74.1 Å². The fourth-order valence-corrected chi connectivity index (χ4v) is 7.16. The molecule has 1 amide bonds. The van der Waals surface area contributed by atoms with E-state index in [1.165, 1.54) is 38.5 Å². The lowest BCUT2D eigenvalue weighted by Gasteiger charge is -2.48. The van der Waals surface area contributed by atoms with Crippen molar-refractivity contribution in [1.82, 2.24) is 5.32 Å². The van der Waals surface area contributed by atoms with Crippen LogP contribution in [0.1, 0.15) is 120 Å². The summed E-state index contributed by atoms with van der Waals surface area (Å²) in [5.41, 5.74) is 0. The molecular formula is C40H63NO19S. The topological polar surface area (TPSA) is 250 Å². The van der Waals surface area contributed by atoms with E-state index in [2.05, 4.69) is 12.2 Å². The van der Waals surface area contributed by atoms with Crippen LogP contribution in [0.4, 0.5) is 0 Å². The molecule has 20 nitrogen and oxygen atoms in total. The Hall–Kier alpha value is -4.05. The zero-order valence-electron chi connectivity index (χ0n) is 36.3. The average Bonchev–Trinajstić information content (AvgIpc) is 3.15. The highest BCUT2D eigenvalue weighted by Crippen LogP contribution is 2.36. The van der Waals surface area contributed by atoms with Crippen LogP contribution in [0.5, 0.6) is 0 Å². The molecule has 2 saturated heterocycles. The van der Waals surface area contributed by atoms with E-state index in [9.17, 15) is 38.4 Å². The van der Waals surface area contributed by atoms with Gasteiger partial charge in [-0.15, -0.1) is 0 Å². The number of unbranched alkanes of at least 4 members (excludes halogenated alkanes) is 9. The fraction of sp³-hybridized carbons (Fsp3) is 0.800. The zero-order chi connectivity index (χ0) is 45.5. The summed E-state index contributed by atoms with van der Waals surface area (Å²) >= 11 is 0.661. The lowest BCUT2D eigenvalue weighted by atomic mass is 9.96. The van der Waals surface area contributed by atoms with E-state index in [0.29, 0.717) is 18.6 Å². The van der Waals surface area contributed by atoms with Gasteiger partial charge in [-0.2, -0.15) is 0 Å². The Labute approximate surface area is 360 Å². The van der Waals surface area contributed by atoms with Crippen molar-refractivity contribution in [3.05, 3.63) is 0 Å². The monoisotopic (exact) mass is 893 g/mol. The van der Waals surface area contributed by atoms with Crippen LogP contribution in [0.3, 0.4) is 0 Å². The summed E-state index contributed by atoms with van der Waals surface area (Å²) in [6, 6.07) is 0. The van der Waals surface area contributed by atoms with Crippen LogP contribution >= 0.6 is 12.0 Å². The second kappa shape index (κ2) is 28.5. The first-order valence-electron chi connectivity index (χ1n) is 20.6. The number of hydrogen-bond acceptors (Lipinski definition) is 20. The molecule has 10 atom stereocenters. The molecule has 21 heteroatoms. The maximum absolute atomic E-state index is 12.7. The number of ether oxygens (including phenoxy) is 10. The summed E-state index contributed by atoms with van der Waals surface area (Å²) in [7, 11) is 0. The number of nitrogens with one attached hydrogen (secondary N) is 1. The van der Waals surface area contributed by atoms with Gasteiger partial charge >= 0.3 is 41.8 Å². The molecule has 0 bridgehead atoms. The Bertz CT molecular complexity index is 1450. The standard InChI is InChI=1S/C40H63NO19S/c1-9-10-11-12-13-14-15-16-17-18-19-41-32(49)22-61-60-40-38(56-29(8)48)36(54-27(6)46)34(31(58-40)21-51-24(3)43)59-39-37(55-28(7)47)35(53-26(5)45)33(52-25(4)44)30(57-39)20-50-23(2)42/h30-31,33-40H,9-22H2,1-8H3,(H,41,49)/t30-,31-,33+,34?,35+,36+,37-,38-,39+,40+/m1/s1. The zero-order valence-corrected chi connectivity index (χ0v) is 37.2. The fourth-order valence-electron chi connectivity index (χ4n) is 6.60. The molecular weight excluding hydrogens is 830 g/mol. The normalized spacial score (nSPS) is 25.9. The van der Waals surface area contributed by atoms with Gasteiger partial charge in [-0.25, -0.2) is 0 Å². The Kier molecular flexibility index (Phi) is 24.8. The van der Waals surface area contributed by atoms with E-state index in [4.69, 9.17) is 51.6 Å². The van der Waals surface area contributed by atoms with Crippen LogP contribution in [0.2, 0.25) is 0 Å². The largest absolute Gasteiger partial charge is 0.463 e. The van der Waals surface area contributed by atoms with E-state index in [1.54, 1.807) is 0 Å². The molecule has 2 aliphatic rings. The molecule has 0 saturated carbocycles. The van der Waals surface area contributed by atoms with Crippen LogP contribution < -0.4 is 5.32 Å². The van der Waals surface area contributed by atoms with Crippen molar-refractivity contribution >= 4 is 59.7 Å². The molecule has 2 heterocycles. The lowest BCUT2D eigenvalue weighted by molar-refractivity contribution is -0.354. The first-order valence-corrected chi connectivity index (χ1v) is 21.5. The van der Waals surface area contributed by atoms with Gasteiger partial charge in [0.2, 0.25) is 12.2 Å².